The first-order chi connectivity index (χ1) is 8.15. The maximum Gasteiger partial charge on any atom is 0.416 e. The lowest BCUT2D eigenvalue weighted by molar-refractivity contribution is -0.128. The number of carbonyl (C=O) groups excluding carboxylic acids is 2. The van der Waals surface area contributed by atoms with E-state index in [2.05, 4.69) is 0 Å². The van der Waals surface area contributed by atoms with Crippen LogP contribution in [0.25, 0.3) is 0 Å². The van der Waals surface area contributed by atoms with Crippen molar-refractivity contribution in [3.63, 3.8) is 0 Å². The van der Waals surface area contributed by atoms with Crippen molar-refractivity contribution in [1.29, 1.82) is 0 Å². The highest BCUT2D eigenvalue weighted by Crippen LogP contribution is 2.04. The molecule has 0 spiro atoms. The number of hydrogen-bond donors (Lipinski definition) is 1. The fraction of sp³-hybridized carbons (Fsp3) is 0.818. The van der Waals surface area contributed by atoms with Gasteiger partial charge < -0.3 is 9.84 Å². The molecule has 0 radical (unpaired) electrons. The second kappa shape index (κ2) is 7.24. The van der Waals surface area contributed by atoms with Crippen molar-refractivity contribution in [2.45, 2.75) is 19.3 Å². The highest BCUT2D eigenvalue weighted by Gasteiger charge is 2.28. The smallest absolute Gasteiger partial charge is 0.416 e. The van der Waals surface area contributed by atoms with Crippen molar-refractivity contribution in [3.05, 3.63) is 0 Å². The van der Waals surface area contributed by atoms with Crippen LogP contribution in [-0.2, 0) is 9.53 Å². The van der Waals surface area contributed by atoms with Crippen LogP contribution in [-0.4, -0.2) is 66.8 Å². The minimum absolute atomic E-state index is 0.211. The molecule has 0 aliphatic carbocycles. The van der Waals surface area contributed by atoms with Gasteiger partial charge in [0, 0.05) is 6.61 Å². The van der Waals surface area contributed by atoms with E-state index in [1.54, 1.807) is 0 Å². The lowest BCUT2D eigenvalue weighted by atomic mass is 10.2. The van der Waals surface area contributed by atoms with Gasteiger partial charge in [-0.25, -0.2) is 9.69 Å². The van der Waals surface area contributed by atoms with Gasteiger partial charge in [0.2, 0.25) is 5.91 Å². The van der Waals surface area contributed by atoms with Crippen LogP contribution in [0, 0.1) is 0 Å². The Kier molecular flexibility index (Phi) is 5.93. The van der Waals surface area contributed by atoms with Gasteiger partial charge in [-0.2, -0.15) is 0 Å². The van der Waals surface area contributed by atoms with E-state index in [0.29, 0.717) is 13.2 Å². The summed E-state index contributed by atoms with van der Waals surface area (Å²) in [6.45, 7) is 1.88. The van der Waals surface area contributed by atoms with Crippen LogP contribution in [0.2, 0.25) is 0 Å². The number of unbranched alkanes of at least 4 members (excludes halogenated alkanes) is 2. The van der Waals surface area contributed by atoms with E-state index < -0.39 is 6.09 Å². The molecule has 2 amide bonds. The second-order valence-electron chi connectivity index (χ2n) is 4.18. The van der Waals surface area contributed by atoms with E-state index in [4.69, 9.17) is 9.84 Å². The molecule has 0 atom stereocenters. The van der Waals surface area contributed by atoms with Crippen molar-refractivity contribution >= 4 is 12.0 Å². The third kappa shape index (κ3) is 4.70. The van der Waals surface area contributed by atoms with Crippen LogP contribution in [0.3, 0.4) is 0 Å². The highest BCUT2D eigenvalue weighted by atomic mass is 16.6. The van der Waals surface area contributed by atoms with Gasteiger partial charge in [-0.1, -0.05) is 0 Å². The predicted octanol–water partition coefficient (Wildman–Crippen LogP) is 0.0596. The number of imide groups is 1. The first-order valence-electron chi connectivity index (χ1n) is 5.91. The SMILES string of the molecule is CN(CCCCCO)CC(=O)N1CCOC1=O. The molecule has 0 aromatic heterocycles. The molecule has 0 saturated carbocycles. The van der Waals surface area contributed by atoms with Gasteiger partial charge in [-0.15, -0.1) is 0 Å². The Labute approximate surface area is 101 Å². The molecule has 0 aromatic rings. The van der Waals surface area contributed by atoms with Gasteiger partial charge in [0.1, 0.15) is 6.61 Å². The summed E-state index contributed by atoms with van der Waals surface area (Å²) in [5.41, 5.74) is 0. The molecule has 6 heteroatoms. The Morgan fingerprint density at radius 2 is 2.24 bits per heavy atom. The van der Waals surface area contributed by atoms with Crippen molar-refractivity contribution in [2.75, 3.05) is 39.9 Å². The van der Waals surface area contributed by atoms with Gasteiger partial charge in [-0.05, 0) is 32.9 Å². The van der Waals surface area contributed by atoms with Gasteiger partial charge >= 0.3 is 6.09 Å². The lowest BCUT2D eigenvalue weighted by Gasteiger charge is -2.18. The minimum atomic E-state index is -0.538. The summed E-state index contributed by atoms with van der Waals surface area (Å²) in [4.78, 5) is 25.9. The summed E-state index contributed by atoms with van der Waals surface area (Å²) >= 11 is 0. The third-order valence-electron chi connectivity index (χ3n) is 2.66. The molecule has 17 heavy (non-hydrogen) atoms. The van der Waals surface area contributed by atoms with Crippen molar-refractivity contribution in [2.24, 2.45) is 0 Å². The fourth-order valence-electron chi connectivity index (χ4n) is 1.69. The van der Waals surface area contributed by atoms with E-state index in [0.717, 1.165) is 30.7 Å². The topological polar surface area (TPSA) is 70.1 Å². The molecular weight excluding hydrogens is 224 g/mol. The molecule has 6 nitrogen and oxygen atoms in total. The summed E-state index contributed by atoms with van der Waals surface area (Å²) in [5, 5.41) is 8.62. The molecule has 0 unspecified atom stereocenters. The number of hydrogen-bond acceptors (Lipinski definition) is 5. The number of likely N-dealkylation sites (N-methyl/N-ethyl adjacent to an activating group) is 1. The Morgan fingerprint density at radius 1 is 1.47 bits per heavy atom. The first kappa shape index (κ1) is 13.9. The molecule has 1 heterocycles. The number of aliphatic hydroxyl groups excluding tert-OH is 1. The van der Waals surface area contributed by atoms with E-state index in [-0.39, 0.29) is 19.1 Å². The molecule has 1 aliphatic heterocycles. The molecule has 1 saturated heterocycles. The maximum absolute atomic E-state index is 11.7. The number of carbonyl (C=O) groups is 2. The first-order valence-corrected chi connectivity index (χ1v) is 5.91. The molecule has 0 aromatic carbocycles. The number of ether oxygens (including phenoxy) is 1. The van der Waals surface area contributed by atoms with E-state index in [9.17, 15) is 9.59 Å². The van der Waals surface area contributed by atoms with Gasteiger partial charge in [0.05, 0.1) is 13.1 Å². The summed E-state index contributed by atoms with van der Waals surface area (Å²) < 4.78 is 4.70. The monoisotopic (exact) mass is 244 g/mol. The number of aliphatic hydroxyl groups is 1. The summed E-state index contributed by atoms with van der Waals surface area (Å²) in [7, 11) is 1.85. The van der Waals surface area contributed by atoms with Crippen LogP contribution >= 0.6 is 0 Å². The van der Waals surface area contributed by atoms with E-state index in [1.165, 1.54) is 0 Å². The van der Waals surface area contributed by atoms with Gasteiger partial charge in [-0.3, -0.25) is 9.69 Å². The summed E-state index contributed by atoms with van der Waals surface area (Å²) in [6.07, 6.45) is 2.14. The van der Waals surface area contributed by atoms with Gasteiger partial charge in [0.15, 0.2) is 0 Å². The Balaban J connectivity index is 2.19. The van der Waals surface area contributed by atoms with Gasteiger partial charge in [0.25, 0.3) is 0 Å². The van der Waals surface area contributed by atoms with Crippen LogP contribution < -0.4 is 0 Å². The second-order valence-corrected chi connectivity index (χ2v) is 4.18. The standard InChI is InChI=1S/C11H20N2O4/c1-12(5-3-2-4-7-14)9-10(15)13-6-8-17-11(13)16/h14H,2-9H2,1H3. The normalized spacial score (nSPS) is 15.5. The number of amides is 2. The predicted molar refractivity (Wildman–Crippen MR) is 61.5 cm³/mol. The Hall–Kier alpha value is -1.14. The minimum Gasteiger partial charge on any atom is -0.447 e. The average molecular weight is 244 g/mol. The lowest BCUT2D eigenvalue weighted by Crippen LogP contribution is -2.39. The highest BCUT2D eigenvalue weighted by molar-refractivity contribution is 5.93. The number of cyclic esters (lactones) is 1. The zero-order chi connectivity index (χ0) is 12.7. The van der Waals surface area contributed by atoms with Crippen LogP contribution in [0.4, 0.5) is 4.79 Å². The number of rotatable bonds is 7. The molecule has 1 fully saturated rings. The Morgan fingerprint density at radius 3 is 2.82 bits per heavy atom. The summed E-state index contributed by atoms with van der Waals surface area (Å²) in [6, 6.07) is 0. The summed E-state index contributed by atoms with van der Waals surface area (Å²) in [5.74, 6) is -0.211. The molecule has 1 aliphatic rings. The molecule has 0 bridgehead atoms. The van der Waals surface area contributed by atoms with Crippen LogP contribution in [0.1, 0.15) is 19.3 Å². The molecule has 98 valence electrons. The fourth-order valence-corrected chi connectivity index (χ4v) is 1.69. The van der Waals surface area contributed by atoms with E-state index in [1.807, 2.05) is 11.9 Å². The third-order valence-corrected chi connectivity index (χ3v) is 2.66. The molecular formula is C11H20N2O4. The molecule has 1 rings (SSSR count). The zero-order valence-corrected chi connectivity index (χ0v) is 10.2. The molecule has 1 N–H and O–H groups in total. The number of nitrogens with zero attached hydrogens (tertiary/aromatic N) is 2. The van der Waals surface area contributed by atoms with Crippen LogP contribution in [0.5, 0.6) is 0 Å². The average Bonchev–Trinajstić information content (AvgIpc) is 2.71. The van der Waals surface area contributed by atoms with Crippen molar-refractivity contribution in [3.8, 4) is 0 Å². The quantitative estimate of drug-likeness (QED) is 0.641. The van der Waals surface area contributed by atoms with E-state index >= 15 is 0 Å². The maximum atomic E-state index is 11.7. The van der Waals surface area contributed by atoms with Crippen molar-refractivity contribution in [1.82, 2.24) is 9.80 Å². The zero-order valence-electron chi connectivity index (χ0n) is 10.2. The van der Waals surface area contributed by atoms with Crippen molar-refractivity contribution < 1.29 is 19.4 Å². The Bertz CT molecular complexity index is 270. The van der Waals surface area contributed by atoms with Crippen LogP contribution in [0.15, 0.2) is 0 Å². The largest absolute Gasteiger partial charge is 0.447 e.